The largest absolute Gasteiger partial charge is 0.288 e. The number of hydrogen-bond acceptors (Lipinski definition) is 4. The summed E-state index contributed by atoms with van der Waals surface area (Å²) in [5.41, 5.74) is -1.10. The van der Waals surface area contributed by atoms with Crippen LogP contribution in [0.25, 0.3) is 22.0 Å². The molecule has 0 bridgehead atoms. The number of fused-ring (bicyclic) bond motifs is 2. The molecule has 1 heterocycles. The van der Waals surface area contributed by atoms with Gasteiger partial charge in [0.05, 0.1) is 5.56 Å². The average Bonchev–Trinajstić information content (AvgIpc) is 2.68. The summed E-state index contributed by atoms with van der Waals surface area (Å²) in [7, 11) is 0. The van der Waals surface area contributed by atoms with Crippen LogP contribution in [0.15, 0.2) is 44.7 Å². The fourth-order valence-electron chi connectivity index (χ4n) is 1.89. The van der Waals surface area contributed by atoms with Gasteiger partial charge in [-0.05, 0) is 0 Å². The third-order valence-corrected chi connectivity index (χ3v) is 2.62. The summed E-state index contributed by atoms with van der Waals surface area (Å²) in [6.45, 7) is 0. The number of hydrogen-bond donors (Lipinski definition) is 0. The minimum Gasteiger partial charge on any atom is -0.288 e. The van der Waals surface area contributed by atoms with Crippen LogP contribution in [0.1, 0.15) is 0 Å². The van der Waals surface area contributed by atoms with E-state index in [1.807, 2.05) is 0 Å². The topological polar surface area (TPSA) is 64.1 Å². The van der Waals surface area contributed by atoms with Crippen LogP contribution in [0.5, 0.6) is 0 Å². The fourth-order valence-corrected chi connectivity index (χ4v) is 1.89. The Morgan fingerprint density at radius 1 is 0.875 bits per heavy atom. The summed E-state index contributed by atoms with van der Waals surface area (Å²) >= 11 is 0. The normalized spacial score (nSPS) is 11.2. The molecule has 3 rings (SSSR count). The van der Waals surface area contributed by atoms with E-state index in [9.17, 15) is 14.4 Å². The molecule has 0 saturated heterocycles. The first kappa shape index (κ1) is 8.91. The second-order valence-corrected chi connectivity index (χ2v) is 3.56. The van der Waals surface area contributed by atoms with Crippen LogP contribution in [0.2, 0.25) is 0 Å². The highest BCUT2D eigenvalue weighted by Crippen LogP contribution is 2.14. The molecule has 1 aliphatic heterocycles. The van der Waals surface area contributed by atoms with Gasteiger partial charge in [-0.2, -0.15) is 0 Å². The number of aromatic nitrogens is 1. The Morgan fingerprint density at radius 3 is 2.19 bits per heavy atom. The average molecular weight is 211 g/mol. The fraction of sp³-hybridized carbons (Fsp3) is 0. The van der Waals surface area contributed by atoms with E-state index in [0.717, 1.165) is 6.07 Å². The molecule has 0 atom stereocenters. The van der Waals surface area contributed by atoms with E-state index in [4.69, 9.17) is 0 Å². The van der Waals surface area contributed by atoms with Crippen LogP contribution in [0.4, 0.5) is 0 Å². The van der Waals surface area contributed by atoms with Gasteiger partial charge in [-0.15, -0.1) is 0 Å². The Labute approximate surface area is 88.8 Å². The highest BCUT2D eigenvalue weighted by atomic mass is 16.1. The molecular formula is C12H5NO3. The van der Waals surface area contributed by atoms with E-state index >= 15 is 0 Å². The van der Waals surface area contributed by atoms with Crippen LogP contribution in [0.3, 0.4) is 0 Å². The molecule has 4 heteroatoms. The number of nitrogens with zero attached hydrogens (tertiary/aromatic N) is 1. The monoisotopic (exact) mass is 211 g/mol. The molecule has 0 aromatic heterocycles. The molecule has 76 valence electrons. The molecule has 0 unspecified atom stereocenters. The minimum atomic E-state index is -0.542. The molecule has 16 heavy (non-hydrogen) atoms. The summed E-state index contributed by atoms with van der Waals surface area (Å²) in [4.78, 5) is 38.5. The Bertz CT molecular complexity index is 746. The molecular weight excluding hydrogens is 206 g/mol. The summed E-state index contributed by atoms with van der Waals surface area (Å²) in [5.74, 6) is 0. The highest BCUT2D eigenvalue weighted by molar-refractivity contribution is 5.89. The summed E-state index contributed by atoms with van der Waals surface area (Å²) in [6, 6.07) is 7.62. The molecule has 0 amide bonds. The standard InChI is InChI=1S/C12H5NO3/c14-9-5-8-10(13-9)12(16)7-4-2-1-3-6(7)11(8)15/h1-5H. The van der Waals surface area contributed by atoms with Crippen molar-refractivity contribution in [1.29, 1.82) is 0 Å². The van der Waals surface area contributed by atoms with Crippen molar-refractivity contribution in [2.75, 3.05) is 0 Å². The molecule has 0 spiro atoms. The van der Waals surface area contributed by atoms with Crippen LogP contribution < -0.4 is 16.4 Å². The van der Waals surface area contributed by atoms with E-state index in [1.165, 1.54) is 0 Å². The zero-order chi connectivity index (χ0) is 11.3. The smallest absolute Gasteiger partial charge is 0.271 e. The van der Waals surface area contributed by atoms with Crippen molar-refractivity contribution < 1.29 is 0 Å². The molecule has 1 aromatic rings. The number of rotatable bonds is 0. The zero-order valence-electron chi connectivity index (χ0n) is 8.06. The van der Waals surface area contributed by atoms with Crippen LogP contribution in [0, 0.1) is 0 Å². The van der Waals surface area contributed by atoms with Crippen LogP contribution in [-0.4, -0.2) is 4.98 Å². The molecule has 0 N–H and O–H groups in total. The van der Waals surface area contributed by atoms with E-state index < -0.39 is 5.56 Å². The van der Waals surface area contributed by atoms with Gasteiger partial charge < -0.3 is 0 Å². The van der Waals surface area contributed by atoms with Crippen molar-refractivity contribution in [2.45, 2.75) is 0 Å². The van der Waals surface area contributed by atoms with Crippen LogP contribution in [-0.2, 0) is 0 Å². The first-order valence-electron chi connectivity index (χ1n) is 4.71. The van der Waals surface area contributed by atoms with E-state index in [-0.39, 0.29) is 22.1 Å². The van der Waals surface area contributed by atoms with Gasteiger partial charge in [-0.3, -0.25) is 14.4 Å². The molecule has 1 aliphatic carbocycles. The van der Waals surface area contributed by atoms with Crippen molar-refractivity contribution in [3.63, 3.8) is 0 Å². The predicted molar refractivity (Wildman–Crippen MR) is 59.5 cm³/mol. The third kappa shape index (κ3) is 0.982. The molecule has 0 fully saturated rings. The van der Waals surface area contributed by atoms with Gasteiger partial charge >= 0.3 is 0 Å². The van der Waals surface area contributed by atoms with Crippen molar-refractivity contribution in [3.05, 3.63) is 61.1 Å². The van der Waals surface area contributed by atoms with E-state index in [0.29, 0.717) is 10.8 Å². The minimum absolute atomic E-state index is 0.0197. The maximum Gasteiger partial charge on any atom is 0.271 e. The molecule has 2 aliphatic rings. The van der Waals surface area contributed by atoms with Gasteiger partial charge in [-0.1, -0.05) is 24.3 Å². The predicted octanol–water partition coefficient (Wildman–Crippen LogP) is 0.296. The SMILES string of the molecule is O=c1cc2c(=O)c3ccccc3c(=O)c-2n1. The second-order valence-electron chi connectivity index (χ2n) is 3.56. The van der Waals surface area contributed by atoms with Crippen molar-refractivity contribution >= 4 is 10.8 Å². The second kappa shape index (κ2) is 2.82. The Kier molecular flexibility index (Phi) is 1.57. The lowest BCUT2D eigenvalue weighted by molar-refractivity contribution is 1.31. The van der Waals surface area contributed by atoms with Crippen molar-refractivity contribution in [1.82, 2.24) is 4.98 Å². The lowest BCUT2D eigenvalue weighted by Gasteiger charge is -1.98. The van der Waals surface area contributed by atoms with Gasteiger partial charge in [0, 0.05) is 16.8 Å². The summed E-state index contributed by atoms with van der Waals surface area (Å²) < 4.78 is 0. The summed E-state index contributed by atoms with van der Waals surface area (Å²) in [5, 5.41) is 0.658. The molecule has 4 nitrogen and oxygen atoms in total. The lowest BCUT2D eigenvalue weighted by Crippen LogP contribution is -2.16. The zero-order valence-corrected chi connectivity index (χ0v) is 8.06. The first-order valence-corrected chi connectivity index (χ1v) is 4.71. The maximum atomic E-state index is 11.9. The van der Waals surface area contributed by atoms with Crippen molar-refractivity contribution in [3.8, 4) is 11.3 Å². The Morgan fingerprint density at radius 2 is 1.50 bits per heavy atom. The molecule has 0 saturated carbocycles. The molecule has 0 radical (unpaired) electrons. The van der Waals surface area contributed by atoms with Gasteiger partial charge in [-0.25, -0.2) is 4.98 Å². The lowest BCUT2D eigenvalue weighted by atomic mass is 10.0. The van der Waals surface area contributed by atoms with Crippen LogP contribution >= 0.6 is 0 Å². The van der Waals surface area contributed by atoms with E-state index in [2.05, 4.69) is 4.98 Å². The van der Waals surface area contributed by atoms with Gasteiger partial charge in [0.15, 0.2) is 5.43 Å². The first-order chi connectivity index (χ1) is 7.68. The summed E-state index contributed by atoms with van der Waals surface area (Å²) in [6.07, 6.45) is 0. The third-order valence-electron chi connectivity index (χ3n) is 2.62. The number of benzene rings is 2. The van der Waals surface area contributed by atoms with E-state index in [1.54, 1.807) is 24.3 Å². The molecule has 1 aromatic carbocycles. The van der Waals surface area contributed by atoms with Gasteiger partial charge in [0.2, 0.25) is 5.43 Å². The maximum absolute atomic E-state index is 11.9. The Balaban J connectivity index is 2.78. The highest BCUT2D eigenvalue weighted by Gasteiger charge is 2.18. The Hall–Kier alpha value is -2.36. The quantitative estimate of drug-likeness (QED) is 0.536. The van der Waals surface area contributed by atoms with Gasteiger partial charge in [0.1, 0.15) is 5.69 Å². The van der Waals surface area contributed by atoms with Crippen molar-refractivity contribution in [2.24, 2.45) is 0 Å². The van der Waals surface area contributed by atoms with Gasteiger partial charge in [0.25, 0.3) is 5.56 Å².